The van der Waals surface area contributed by atoms with Gasteiger partial charge >= 0.3 is 12.1 Å². The van der Waals surface area contributed by atoms with Crippen LogP contribution < -0.4 is 10.9 Å². The lowest BCUT2D eigenvalue weighted by Crippen LogP contribution is -2.44. The number of fused-ring (bicyclic) bond motifs is 5. The van der Waals surface area contributed by atoms with Gasteiger partial charge in [0.15, 0.2) is 5.60 Å². The van der Waals surface area contributed by atoms with Crippen LogP contribution >= 0.6 is 0 Å². The summed E-state index contributed by atoms with van der Waals surface area (Å²) in [5.41, 5.74) is 4.10. The van der Waals surface area contributed by atoms with Gasteiger partial charge in [-0.2, -0.15) is 0 Å². The summed E-state index contributed by atoms with van der Waals surface area (Å²) >= 11 is 0. The van der Waals surface area contributed by atoms with E-state index in [4.69, 9.17) is 14.5 Å². The first kappa shape index (κ1) is 32.9. The number of aliphatic hydroxyl groups is 1. The molecule has 1 amide bonds. The number of benzene rings is 2. The molecule has 0 fully saturated rings. The molecule has 10 nitrogen and oxygen atoms in total. The van der Waals surface area contributed by atoms with Crippen molar-refractivity contribution in [2.24, 2.45) is 0 Å². The van der Waals surface area contributed by atoms with Crippen molar-refractivity contribution < 1.29 is 28.6 Å². The van der Waals surface area contributed by atoms with Gasteiger partial charge in [-0.05, 0) is 81.3 Å². The van der Waals surface area contributed by atoms with E-state index in [1.807, 2.05) is 44.2 Å². The first-order valence-electron chi connectivity index (χ1n) is 17.1. The Kier molecular flexibility index (Phi) is 8.52. The number of halogens is 1. The second-order valence-corrected chi connectivity index (χ2v) is 13.5. The number of cyclic esters (lactones) is 1. The molecule has 2 aromatic carbocycles. The monoisotopic (exact) mass is 668 g/mol. The molecule has 0 radical (unpaired) electrons. The smallest absolute Gasteiger partial charge is 0.410 e. The molecule has 1 aliphatic carbocycles. The number of nitrogens with one attached hydrogen (secondary N) is 1. The van der Waals surface area contributed by atoms with Gasteiger partial charge in [-0.25, -0.2) is 19.0 Å². The van der Waals surface area contributed by atoms with Crippen molar-refractivity contribution in [3.05, 3.63) is 97.6 Å². The van der Waals surface area contributed by atoms with E-state index >= 15 is 4.39 Å². The Labute approximate surface area is 283 Å². The molecule has 4 heterocycles. The van der Waals surface area contributed by atoms with E-state index in [0.29, 0.717) is 48.4 Å². The predicted molar refractivity (Wildman–Crippen MR) is 181 cm³/mol. The highest BCUT2D eigenvalue weighted by Gasteiger charge is 2.46. The SMILES string of the molecule is CC[C@@]1(O)C(=O)OCc2c1cc1n(c2=O)Cc2c-1nc1cc(F)c(C)c3c1c2[C@@H](NCCCN(C(=O)OCc1ccccc1)C(C)C)CC3. The predicted octanol–water partition coefficient (Wildman–Crippen LogP) is 5.54. The Morgan fingerprint density at radius 2 is 1.98 bits per heavy atom. The zero-order valence-electron chi connectivity index (χ0n) is 28.3. The molecule has 0 spiro atoms. The first-order valence-corrected chi connectivity index (χ1v) is 17.1. The molecule has 2 atom stereocenters. The van der Waals surface area contributed by atoms with E-state index < -0.39 is 11.6 Å². The molecule has 0 unspecified atom stereocenters. The van der Waals surface area contributed by atoms with Gasteiger partial charge in [0.2, 0.25) is 0 Å². The third-order valence-electron chi connectivity index (χ3n) is 10.4. The Morgan fingerprint density at radius 1 is 1.20 bits per heavy atom. The summed E-state index contributed by atoms with van der Waals surface area (Å²) in [7, 11) is 0. The minimum atomic E-state index is -1.94. The number of hydrogen-bond donors (Lipinski definition) is 2. The standard InChI is InChI=1S/C38H41FN4O6/c1-5-38(47)27-16-31-34-25(18-43(31)35(44)26(27)20-48-36(38)45)33-29(13-12-24-22(4)28(39)17-30(41-34)32(24)33)40-14-9-15-42(21(2)3)37(46)49-19-23-10-7-6-8-11-23/h6-8,10-11,16-17,21,29,40,47H,5,9,12-15,18-20H2,1-4H3/t29-,38-/m0/s1. The molecule has 0 saturated heterocycles. The number of carbonyl (C=O) groups is 2. The lowest BCUT2D eigenvalue weighted by molar-refractivity contribution is -0.172. The zero-order valence-corrected chi connectivity index (χ0v) is 28.3. The number of aryl methyl sites for hydroxylation is 1. The van der Waals surface area contributed by atoms with Gasteiger partial charge in [-0.1, -0.05) is 37.3 Å². The molecule has 49 heavy (non-hydrogen) atoms. The van der Waals surface area contributed by atoms with Crippen LogP contribution in [0.3, 0.4) is 0 Å². The summed E-state index contributed by atoms with van der Waals surface area (Å²) in [5, 5.41) is 15.9. The largest absolute Gasteiger partial charge is 0.458 e. The molecule has 2 aliphatic heterocycles. The van der Waals surface area contributed by atoms with E-state index in [1.165, 1.54) is 6.07 Å². The maximum atomic E-state index is 15.2. The number of aromatic nitrogens is 2. The molecule has 256 valence electrons. The van der Waals surface area contributed by atoms with Gasteiger partial charge in [0.25, 0.3) is 5.56 Å². The van der Waals surface area contributed by atoms with E-state index in [9.17, 15) is 19.5 Å². The van der Waals surface area contributed by atoms with Crippen molar-refractivity contribution in [2.75, 3.05) is 13.1 Å². The number of nitrogens with zero attached hydrogens (tertiary/aromatic N) is 3. The molecule has 0 saturated carbocycles. The Balaban J connectivity index is 1.19. The highest BCUT2D eigenvalue weighted by atomic mass is 19.1. The summed E-state index contributed by atoms with van der Waals surface area (Å²) < 4.78 is 27.7. The van der Waals surface area contributed by atoms with Gasteiger partial charge in [0.05, 0.1) is 29.0 Å². The molecule has 2 N–H and O–H groups in total. The number of esters is 1. The number of amides is 1. The summed E-state index contributed by atoms with van der Waals surface area (Å²) in [6.45, 7) is 8.77. The molecule has 4 aromatic rings. The Morgan fingerprint density at radius 3 is 2.71 bits per heavy atom. The van der Waals surface area contributed by atoms with Crippen LogP contribution in [0.5, 0.6) is 0 Å². The fourth-order valence-corrected chi connectivity index (χ4v) is 7.65. The minimum Gasteiger partial charge on any atom is -0.458 e. The maximum absolute atomic E-state index is 15.2. The molecular weight excluding hydrogens is 627 g/mol. The van der Waals surface area contributed by atoms with Crippen molar-refractivity contribution in [3.63, 3.8) is 0 Å². The van der Waals surface area contributed by atoms with E-state index in [-0.39, 0.29) is 66.9 Å². The minimum absolute atomic E-state index is 0.0421. The topological polar surface area (TPSA) is 123 Å². The van der Waals surface area contributed by atoms with E-state index in [2.05, 4.69) is 5.32 Å². The van der Waals surface area contributed by atoms with Crippen molar-refractivity contribution in [1.82, 2.24) is 19.8 Å². The fraction of sp³-hybridized carbons (Fsp3) is 0.421. The van der Waals surface area contributed by atoms with Crippen LogP contribution in [0, 0.1) is 12.7 Å². The van der Waals surface area contributed by atoms with Crippen LogP contribution in [0.2, 0.25) is 0 Å². The van der Waals surface area contributed by atoms with Gasteiger partial charge < -0.3 is 29.4 Å². The van der Waals surface area contributed by atoms with Gasteiger partial charge in [0, 0.05) is 41.2 Å². The second-order valence-electron chi connectivity index (χ2n) is 13.5. The number of pyridine rings is 2. The van der Waals surface area contributed by atoms with Crippen LogP contribution in [-0.4, -0.2) is 50.8 Å². The van der Waals surface area contributed by atoms with Crippen molar-refractivity contribution in [3.8, 4) is 11.4 Å². The molecule has 0 bridgehead atoms. The normalized spacial score (nSPS) is 19.0. The summed E-state index contributed by atoms with van der Waals surface area (Å²) in [4.78, 5) is 46.2. The maximum Gasteiger partial charge on any atom is 0.410 e. The van der Waals surface area contributed by atoms with Gasteiger partial charge in [0.1, 0.15) is 19.0 Å². The average molecular weight is 669 g/mol. The van der Waals surface area contributed by atoms with Crippen molar-refractivity contribution in [1.29, 1.82) is 0 Å². The highest BCUT2D eigenvalue weighted by molar-refractivity contribution is 5.93. The number of hydrogen-bond acceptors (Lipinski definition) is 8. The van der Waals surface area contributed by atoms with Crippen molar-refractivity contribution in [2.45, 2.75) is 90.8 Å². The highest BCUT2D eigenvalue weighted by Crippen LogP contribution is 2.46. The fourth-order valence-electron chi connectivity index (χ4n) is 7.65. The molecule has 2 aromatic heterocycles. The Hall–Kier alpha value is -4.61. The quantitative estimate of drug-likeness (QED) is 0.155. The van der Waals surface area contributed by atoms with Crippen LogP contribution in [0.1, 0.15) is 85.0 Å². The lowest BCUT2D eigenvalue weighted by atomic mass is 9.81. The summed E-state index contributed by atoms with van der Waals surface area (Å²) in [6.07, 6.45) is 1.75. The lowest BCUT2D eigenvalue weighted by Gasteiger charge is -2.31. The van der Waals surface area contributed by atoms with Gasteiger partial charge in [-0.15, -0.1) is 0 Å². The van der Waals surface area contributed by atoms with E-state index in [1.54, 1.807) is 29.4 Å². The Bertz CT molecular complexity index is 2040. The zero-order chi connectivity index (χ0) is 34.6. The van der Waals surface area contributed by atoms with Crippen LogP contribution in [0.25, 0.3) is 22.3 Å². The molecule has 7 rings (SSSR count). The van der Waals surface area contributed by atoms with Crippen LogP contribution in [0.15, 0.2) is 47.3 Å². The molecule has 11 heteroatoms. The van der Waals surface area contributed by atoms with Crippen LogP contribution in [-0.2, 0) is 46.0 Å². The molecule has 3 aliphatic rings. The van der Waals surface area contributed by atoms with Gasteiger partial charge in [-0.3, -0.25) is 4.79 Å². The number of rotatable bonds is 9. The first-order chi connectivity index (χ1) is 23.5. The third-order valence-corrected chi connectivity index (χ3v) is 10.4. The van der Waals surface area contributed by atoms with Crippen LogP contribution in [0.4, 0.5) is 9.18 Å². The second kappa shape index (κ2) is 12.7. The number of carbonyl (C=O) groups excluding carboxylic acids is 2. The summed E-state index contributed by atoms with van der Waals surface area (Å²) in [6, 6.07) is 12.6. The average Bonchev–Trinajstić information content (AvgIpc) is 3.47. The summed E-state index contributed by atoms with van der Waals surface area (Å²) in [5.74, 6) is -1.11. The molecular formula is C38H41FN4O6. The third kappa shape index (κ3) is 5.49. The number of ether oxygens (including phenoxy) is 2. The van der Waals surface area contributed by atoms with Crippen molar-refractivity contribution >= 4 is 23.0 Å². The van der Waals surface area contributed by atoms with E-state index in [0.717, 1.165) is 34.1 Å².